The minimum Gasteiger partial charge on any atom is -0.392 e. The third-order valence-electron chi connectivity index (χ3n) is 3.69. The molecule has 0 aliphatic heterocycles. The maximum Gasteiger partial charge on any atom is 0.137 e. The minimum absolute atomic E-state index is 0.198. The van der Waals surface area contributed by atoms with Gasteiger partial charge in [-0.3, -0.25) is 0 Å². The molecule has 96 valence electrons. The first-order valence-electron chi connectivity index (χ1n) is 6.67. The van der Waals surface area contributed by atoms with Gasteiger partial charge in [0.05, 0.1) is 11.8 Å². The lowest BCUT2D eigenvalue weighted by atomic mass is 9.92. The van der Waals surface area contributed by atoms with Crippen molar-refractivity contribution in [1.82, 2.24) is 14.7 Å². The summed E-state index contributed by atoms with van der Waals surface area (Å²) in [5.74, 6) is 0. The van der Waals surface area contributed by atoms with Crippen molar-refractivity contribution in [1.29, 1.82) is 0 Å². The van der Waals surface area contributed by atoms with Gasteiger partial charge in [0.15, 0.2) is 0 Å². The van der Waals surface area contributed by atoms with Crippen LogP contribution < -0.4 is 5.32 Å². The summed E-state index contributed by atoms with van der Waals surface area (Å²) >= 11 is 0. The number of imidazole rings is 1. The van der Waals surface area contributed by atoms with Gasteiger partial charge >= 0.3 is 0 Å². The molecule has 0 bridgehead atoms. The summed E-state index contributed by atoms with van der Waals surface area (Å²) in [6.45, 7) is 0.726. The van der Waals surface area contributed by atoms with E-state index >= 15 is 0 Å². The molecule has 4 nitrogen and oxygen atoms in total. The third-order valence-corrected chi connectivity index (χ3v) is 3.69. The van der Waals surface area contributed by atoms with Gasteiger partial charge in [0, 0.05) is 25.0 Å². The van der Waals surface area contributed by atoms with Crippen LogP contribution in [0.4, 0.5) is 0 Å². The van der Waals surface area contributed by atoms with Gasteiger partial charge in [-0.1, -0.05) is 18.9 Å². The average Bonchev–Trinajstić information content (AvgIpc) is 2.80. The summed E-state index contributed by atoms with van der Waals surface area (Å²) in [6, 6.07) is 6.21. The number of hydrogen-bond acceptors (Lipinski definition) is 3. The molecule has 18 heavy (non-hydrogen) atoms. The molecule has 4 heteroatoms. The number of nitrogens with zero attached hydrogens (tertiary/aromatic N) is 2. The van der Waals surface area contributed by atoms with Crippen LogP contribution in [0, 0.1) is 0 Å². The normalized spacial score (nSPS) is 24.5. The molecule has 0 saturated heterocycles. The molecule has 0 spiro atoms. The van der Waals surface area contributed by atoms with Gasteiger partial charge in [-0.2, -0.15) is 0 Å². The van der Waals surface area contributed by atoms with Gasteiger partial charge in [-0.15, -0.1) is 0 Å². The van der Waals surface area contributed by atoms with Crippen LogP contribution in [0.3, 0.4) is 0 Å². The summed E-state index contributed by atoms with van der Waals surface area (Å²) in [7, 11) is 0. The molecule has 2 N–H and O–H groups in total. The standard InChI is InChI=1S/C14H19N3O/c18-13-6-2-1-5-12(13)15-9-11-10-17-8-4-3-7-14(17)16-11/h3-4,7-8,10,12-13,15,18H,1-2,5-6,9H2. The fourth-order valence-electron chi connectivity index (χ4n) is 2.66. The second-order valence-corrected chi connectivity index (χ2v) is 5.04. The number of aromatic nitrogens is 2. The van der Waals surface area contributed by atoms with Crippen LogP contribution in [0.2, 0.25) is 0 Å². The zero-order chi connectivity index (χ0) is 12.4. The van der Waals surface area contributed by atoms with Crippen LogP contribution in [0.25, 0.3) is 5.65 Å². The topological polar surface area (TPSA) is 49.6 Å². The Bertz CT molecular complexity index is 489. The molecule has 2 aromatic heterocycles. The Hall–Kier alpha value is -1.39. The van der Waals surface area contributed by atoms with E-state index in [2.05, 4.69) is 10.3 Å². The molecule has 0 radical (unpaired) electrons. The minimum atomic E-state index is -0.198. The molecule has 0 amide bonds. The van der Waals surface area contributed by atoms with Crippen molar-refractivity contribution < 1.29 is 5.11 Å². The van der Waals surface area contributed by atoms with Crippen LogP contribution in [0.15, 0.2) is 30.6 Å². The molecule has 0 aromatic carbocycles. The highest BCUT2D eigenvalue weighted by Gasteiger charge is 2.22. The Balaban J connectivity index is 1.65. The molecule has 1 aliphatic rings. The largest absolute Gasteiger partial charge is 0.392 e. The molecule has 3 rings (SSSR count). The molecule has 2 atom stereocenters. The first kappa shape index (κ1) is 11.7. The smallest absolute Gasteiger partial charge is 0.137 e. The Kier molecular flexibility index (Phi) is 3.30. The predicted octanol–water partition coefficient (Wildman–Crippen LogP) is 1.73. The molecule has 1 saturated carbocycles. The van der Waals surface area contributed by atoms with Crippen LogP contribution in [0.5, 0.6) is 0 Å². The molecule has 2 heterocycles. The molecule has 2 aromatic rings. The second-order valence-electron chi connectivity index (χ2n) is 5.04. The summed E-state index contributed by atoms with van der Waals surface area (Å²) in [4.78, 5) is 4.54. The van der Waals surface area contributed by atoms with Crippen LogP contribution in [-0.2, 0) is 6.54 Å². The zero-order valence-corrected chi connectivity index (χ0v) is 10.4. The van der Waals surface area contributed by atoms with Crippen molar-refractivity contribution in [2.24, 2.45) is 0 Å². The first-order valence-corrected chi connectivity index (χ1v) is 6.67. The Morgan fingerprint density at radius 3 is 3.06 bits per heavy atom. The van der Waals surface area contributed by atoms with Gasteiger partial charge in [-0.25, -0.2) is 4.98 Å². The SMILES string of the molecule is OC1CCCCC1NCc1cn2ccccc2n1. The van der Waals surface area contributed by atoms with E-state index in [0.29, 0.717) is 0 Å². The molecular weight excluding hydrogens is 226 g/mol. The van der Waals surface area contributed by atoms with E-state index in [4.69, 9.17) is 0 Å². The van der Waals surface area contributed by atoms with E-state index < -0.39 is 0 Å². The molecule has 2 unspecified atom stereocenters. The predicted molar refractivity (Wildman–Crippen MR) is 70.3 cm³/mol. The number of aliphatic hydroxyl groups excluding tert-OH is 1. The van der Waals surface area contributed by atoms with Crippen molar-refractivity contribution in [2.75, 3.05) is 0 Å². The summed E-state index contributed by atoms with van der Waals surface area (Å²) in [5, 5.41) is 13.3. The third kappa shape index (κ3) is 2.40. The second kappa shape index (κ2) is 5.08. The van der Waals surface area contributed by atoms with E-state index in [1.807, 2.05) is 35.0 Å². The van der Waals surface area contributed by atoms with Crippen LogP contribution in [-0.4, -0.2) is 26.6 Å². The highest BCUT2D eigenvalue weighted by Crippen LogP contribution is 2.18. The number of hydrogen-bond donors (Lipinski definition) is 2. The zero-order valence-electron chi connectivity index (χ0n) is 10.4. The molecule has 1 aliphatic carbocycles. The summed E-state index contributed by atoms with van der Waals surface area (Å²) in [5.41, 5.74) is 2.00. The van der Waals surface area contributed by atoms with Crippen molar-refractivity contribution in [3.63, 3.8) is 0 Å². The first-order chi connectivity index (χ1) is 8.83. The maximum atomic E-state index is 9.90. The maximum absolute atomic E-state index is 9.90. The molecular formula is C14H19N3O. The highest BCUT2D eigenvalue weighted by atomic mass is 16.3. The lowest BCUT2D eigenvalue weighted by molar-refractivity contribution is 0.0901. The quantitative estimate of drug-likeness (QED) is 0.865. The number of fused-ring (bicyclic) bond motifs is 1. The van der Waals surface area contributed by atoms with E-state index in [9.17, 15) is 5.11 Å². The Morgan fingerprint density at radius 1 is 1.33 bits per heavy atom. The fraction of sp³-hybridized carbons (Fsp3) is 0.500. The van der Waals surface area contributed by atoms with E-state index in [0.717, 1.165) is 37.1 Å². The lowest BCUT2D eigenvalue weighted by Gasteiger charge is -2.28. The number of nitrogens with one attached hydrogen (secondary N) is 1. The highest BCUT2D eigenvalue weighted by molar-refractivity contribution is 5.39. The monoisotopic (exact) mass is 245 g/mol. The van der Waals surface area contributed by atoms with Crippen LogP contribution in [0.1, 0.15) is 31.4 Å². The van der Waals surface area contributed by atoms with E-state index in [-0.39, 0.29) is 12.1 Å². The van der Waals surface area contributed by atoms with E-state index in [1.165, 1.54) is 6.42 Å². The van der Waals surface area contributed by atoms with Gasteiger partial charge in [-0.05, 0) is 25.0 Å². The Labute approximate surface area is 107 Å². The van der Waals surface area contributed by atoms with Crippen molar-refractivity contribution in [2.45, 2.75) is 44.4 Å². The van der Waals surface area contributed by atoms with Crippen molar-refractivity contribution in [3.05, 3.63) is 36.3 Å². The Morgan fingerprint density at radius 2 is 2.22 bits per heavy atom. The number of pyridine rings is 1. The lowest BCUT2D eigenvalue weighted by Crippen LogP contribution is -2.41. The average molecular weight is 245 g/mol. The van der Waals surface area contributed by atoms with Gasteiger partial charge in [0.25, 0.3) is 0 Å². The summed E-state index contributed by atoms with van der Waals surface area (Å²) in [6.07, 6.45) is 8.18. The van der Waals surface area contributed by atoms with Gasteiger partial charge in [0.2, 0.25) is 0 Å². The molecule has 1 fully saturated rings. The summed E-state index contributed by atoms with van der Waals surface area (Å²) < 4.78 is 2.02. The van der Waals surface area contributed by atoms with E-state index in [1.54, 1.807) is 0 Å². The number of rotatable bonds is 3. The van der Waals surface area contributed by atoms with Gasteiger partial charge < -0.3 is 14.8 Å². The fourth-order valence-corrected chi connectivity index (χ4v) is 2.66. The number of aliphatic hydroxyl groups is 1. The van der Waals surface area contributed by atoms with Crippen molar-refractivity contribution in [3.8, 4) is 0 Å². The van der Waals surface area contributed by atoms with Gasteiger partial charge in [0.1, 0.15) is 5.65 Å². The van der Waals surface area contributed by atoms with Crippen molar-refractivity contribution >= 4 is 5.65 Å². The van der Waals surface area contributed by atoms with Crippen LogP contribution >= 0.6 is 0 Å².